The standard InChI is InChI=1S/C15H20N2O4/c1-3-8-16-15(19)17-9-13(18)11-21-10-12-4-6-14(20-2)7-5-12/h1,4-7,13,18H,8-11H2,2H3,(H2,16,17,19). The van der Waals surface area contributed by atoms with Crippen LogP contribution in [-0.2, 0) is 11.3 Å². The van der Waals surface area contributed by atoms with E-state index in [1.54, 1.807) is 7.11 Å². The number of urea groups is 1. The van der Waals surface area contributed by atoms with Gasteiger partial charge in [-0.1, -0.05) is 18.1 Å². The fourth-order valence-electron chi connectivity index (χ4n) is 1.50. The van der Waals surface area contributed by atoms with E-state index in [4.69, 9.17) is 15.9 Å². The summed E-state index contributed by atoms with van der Waals surface area (Å²) in [5, 5.41) is 14.6. The molecule has 114 valence electrons. The predicted octanol–water partition coefficient (Wildman–Crippen LogP) is 0.505. The fraction of sp³-hybridized carbons (Fsp3) is 0.400. The van der Waals surface area contributed by atoms with Gasteiger partial charge in [0.2, 0.25) is 0 Å². The van der Waals surface area contributed by atoms with Gasteiger partial charge in [-0.05, 0) is 17.7 Å². The van der Waals surface area contributed by atoms with Crippen LogP contribution in [0, 0.1) is 12.3 Å². The molecule has 6 nitrogen and oxygen atoms in total. The molecule has 1 unspecified atom stereocenters. The van der Waals surface area contributed by atoms with Crippen LogP contribution < -0.4 is 15.4 Å². The first-order valence-corrected chi connectivity index (χ1v) is 6.49. The van der Waals surface area contributed by atoms with Gasteiger partial charge in [-0.2, -0.15) is 0 Å². The number of carbonyl (C=O) groups excluding carboxylic acids is 1. The number of ether oxygens (including phenoxy) is 2. The van der Waals surface area contributed by atoms with E-state index >= 15 is 0 Å². The number of methoxy groups -OCH3 is 1. The van der Waals surface area contributed by atoms with Crippen molar-refractivity contribution >= 4 is 6.03 Å². The molecular weight excluding hydrogens is 272 g/mol. The average molecular weight is 292 g/mol. The Bertz CT molecular complexity index is 468. The number of aliphatic hydroxyl groups is 1. The molecule has 0 bridgehead atoms. The Morgan fingerprint density at radius 3 is 2.71 bits per heavy atom. The maximum Gasteiger partial charge on any atom is 0.315 e. The van der Waals surface area contributed by atoms with Gasteiger partial charge in [-0.15, -0.1) is 6.42 Å². The van der Waals surface area contributed by atoms with Crippen LogP contribution in [0.5, 0.6) is 5.75 Å². The molecule has 0 saturated heterocycles. The minimum atomic E-state index is -0.778. The van der Waals surface area contributed by atoms with Gasteiger partial charge in [-0.25, -0.2) is 4.79 Å². The van der Waals surface area contributed by atoms with Crippen molar-refractivity contribution in [2.24, 2.45) is 0 Å². The molecule has 0 fully saturated rings. The highest BCUT2D eigenvalue weighted by Crippen LogP contribution is 2.11. The number of aliphatic hydroxyl groups excluding tert-OH is 1. The van der Waals surface area contributed by atoms with Crippen LogP contribution >= 0.6 is 0 Å². The van der Waals surface area contributed by atoms with E-state index in [0.29, 0.717) is 6.61 Å². The Kier molecular flexibility index (Phi) is 7.72. The largest absolute Gasteiger partial charge is 0.497 e. The van der Waals surface area contributed by atoms with E-state index in [2.05, 4.69) is 16.6 Å². The van der Waals surface area contributed by atoms with Gasteiger partial charge >= 0.3 is 6.03 Å². The molecule has 21 heavy (non-hydrogen) atoms. The summed E-state index contributed by atoms with van der Waals surface area (Å²) < 4.78 is 10.4. The number of hydrogen-bond donors (Lipinski definition) is 3. The van der Waals surface area contributed by atoms with E-state index in [0.717, 1.165) is 11.3 Å². The molecule has 1 atom stereocenters. The monoisotopic (exact) mass is 292 g/mol. The van der Waals surface area contributed by atoms with E-state index in [-0.39, 0.29) is 19.7 Å². The van der Waals surface area contributed by atoms with Gasteiger partial charge in [0.1, 0.15) is 5.75 Å². The van der Waals surface area contributed by atoms with Crippen LogP contribution in [-0.4, -0.2) is 44.0 Å². The Labute approximate surface area is 124 Å². The van der Waals surface area contributed by atoms with Crippen LogP contribution in [0.2, 0.25) is 0 Å². The average Bonchev–Trinajstić information content (AvgIpc) is 2.51. The van der Waals surface area contributed by atoms with E-state index in [9.17, 15) is 9.90 Å². The minimum Gasteiger partial charge on any atom is -0.497 e. The zero-order chi connectivity index (χ0) is 15.5. The maximum absolute atomic E-state index is 11.2. The molecule has 0 radical (unpaired) electrons. The van der Waals surface area contributed by atoms with E-state index in [1.807, 2.05) is 24.3 Å². The molecule has 0 aliphatic carbocycles. The van der Waals surface area contributed by atoms with Crippen LogP contribution in [0.15, 0.2) is 24.3 Å². The summed E-state index contributed by atoms with van der Waals surface area (Å²) in [6.07, 6.45) is 4.22. The summed E-state index contributed by atoms with van der Waals surface area (Å²) in [5.74, 6) is 3.06. The van der Waals surface area contributed by atoms with E-state index in [1.165, 1.54) is 0 Å². The number of terminal acetylenes is 1. The van der Waals surface area contributed by atoms with Crippen LogP contribution in [0.25, 0.3) is 0 Å². The Hall–Kier alpha value is -2.23. The summed E-state index contributed by atoms with van der Waals surface area (Å²) in [6.45, 7) is 0.751. The lowest BCUT2D eigenvalue weighted by Gasteiger charge is -2.12. The lowest BCUT2D eigenvalue weighted by molar-refractivity contribution is 0.0300. The highest BCUT2D eigenvalue weighted by atomic mass is 16.5. The molecule has 0 saturated carbocycles. The molecule has 0 aromatic heterocycles. The summed E-state index contributed by atoms with van der Waals surface area (Å²) in [6, 6.07) is 7.04. The van der Waals surface area contributed by atoms with Gasteiger partial charge in [0.05, 0.1) is 33.0 Å². The Balaban J connectivity index is 2.16. The van der Waals surface area contributed by atoms with Crippen LogP contribution in [0.4, 0.5) is 4.79 Å². The number of carbonyl (C=O) groups is 1. The zero-order valence-corrected chi connectivity index (χ0v) is 12.0. The van der Waals surface area contributed by atoms with Gasteiger partial charge < -0.3 is 25.2 Å². The Morgan fingerprint density at radius 2 is 2.10 bits per heavy atom. The summed E-state index contributed by atoms with van der Waals surface area (Å²) >= 11 is 0. The summed E-state index contributed by atoms with van der Waals surface area (Å²) in [5.41, 5.74) is 0.975. The SMILES string of the molecule is C#CCNC(=O)NCC(O)COCc1ccc(OC)cc1. The first kappa shape index (κ1) is 16.8. The first-order chi connectivity index (χ1) is 10.2. The van der Waals surface area contributed by atoms with Gasteiger partial charge in [0, 0.05) is 6.54 Å². The number of hydrogen-bond acceptors (Lipinski definition) is 4. The summed E-state index contributed by atoms with van der Waals surface area (Å²) in [4.78, 5) is 11.2. The molecule has 3 N–H and O–H groups in total. The molecule has 0 aliphatic heterocycles. The molecule has 1 aromatic rings. The molecule has 6 heteroatoms. The smallest absolute Gasteiger partial charge is 0.315 e. The van der Waals surface area contributed by atoms with Crippen molar-refractivity contribution in [3.8, 4) is 18.1 Å². The number of nitrogens with one attached hydrogen (secondary N) is 2. The highest BCUT2D eigenvalue weighted by molar-refractivity contribution is 5.74. The van der Waals surface area contributed by atoms with Crippen molar-refractivity contribution in [2.75, 3.05) is 26.8 Å². The lowest BCUT2D eigenvalue weighted by Crippen LogP contribution is -2.41. The van der Waals surface area contributed by atoms with Crippen molar-refractivity contribution in [3.05, 3.63) is 29.8 Å². The normalized spacial score (nSPS) is 11.3. The molecule has 0 aliphatic rings. The molecule has 0 heterocycles. The molecule has 1 rings (SSSR count). The number of amides is 2. The molecule has 2 amide bonds. The van der Waals surface area contributed by atoms with Crippen LogP contribution in [0.3, 0.4) is 0 Å². The first-order valence-electron chi connectivity index (χ1n) is 6.49. The number of rotatable bonds is 8. The quantitative estimate of drug-likeness (QED) is 0.610. The van der Waals surface area contributed by atoms with Gasteiger partial charge in [0.25, 0.3) is 0 Å². The van der Waals surface area contributed by atoms with Crippen molar-refractivity contribution in [2.45, 2.75) is 12.7 Å². The molecular formula is C15H20N2O4. The second-order valence-electron chi connectivity index (χ2n) is 4.28. The fourth-order valence-corrected chi connectivity index (χ4v) is 1.50. The predicted molar refractivity (Wildman–Crippen MR) is 78.9 cm³/mol. The van der Waals surface area contributed by atoms with E-state index < -0.39 is 12.1 Å². The van der Waals surface area contributed by atoms with Crippen LogP contribution in [0.1, 0.15) is 5.56 Å². The van der Waals surface area contributed by atoms with Crippen molar-refractivity contribution in [1.82, 2.24) is 10.6 Å². The third-order valence-electron chi connectivity index (χ3n) is 2.59. The second-order valence-corrected chi connectivity index (χ2v) is 4.28. The van der Waals surface area contributed by atoms with Gasteiger partial charge in [0.15, 0.2) is 0 Å². The van der Waals surface area contributed by atoms with Gasteiger partial charge in [-0.3, -0.25) is 0 Å². The molecule has 0 spiro atoms. The lowest BCUT2D eigenvalue weighted by atomic mass is 10.2. The zero-order valence-electron chi connectivity index (χ0n) is 12.0. The Morgan fingerprint density at radius 1 is 1.38 bits per heavy atom. The summed E-state index contributed by atoms with van der Waals surface area (Å²) in [7, 11) is 1.61. The van der Waals surface area contributed by atoms with Crippen molar-refractivity contribution in [3.63, 3.8) is 0 Å². The van der Waals surface area contributed by atoms with Crippen molar-refractivity contribution < 1.29 is 19.4 Å². The highest BCUT2D eigenvalue weighted by Gasteiger charge is 2.06. The topological polar surface area (TPSA) is 79.8 Å². The third-order valence-corrected chi connectivity index (χ3v) is 2.59. The number of benzene rings is 1. The minimum absolute atomic E-state index is 0.0962. The second kappa shape index (κ2) is 9.64. The maximum atomic E-state index is 11.2. The van der Waals surface area contributed by atoms with Crippen molar-refractivity contribution in [1.29, 1.82) is 0 Å². The third kappa shape index (κ3) is 7.20. The molecule has 1 aromatic carbocycles.